The van der Waals surface area contributed by atoms with Crippen LogP contribution in [0.15, 0.2) is 4.99 Å². The second kappa shape index (κ2) is 5.42. The van der Waals surface area contributed by atoms with Crippen LogP contribution in [0.25, 0.3) is 0 Å². The molecular formula is C14H24N6O2. The standard InChI is InChI=1S/C14H24N6O2/c1-9(2)20-10-11(18(4)14(22)16-12(10)21)15-13(20)19-7-5-17(3)6-8-19/h9-11H,5-8H2,1-4H3,(H,16,21,22). The molecule has 0 saturated carbocycles. The predicted molar refractivity (Wildman–Crippen MR) is 82.4 cm³/mol. The summed E-state index contributed by atoms with van der Waals surface area (Å²) in [5.41, 5.74) is 0. The quantitative estimate of drug-likeness (QED) is 0.686. The minimum absolute atomic E-state index is 0.140. The highest BCUT2D eigenvalue weighted by Crippen LogP contribution is 2.27. The normalized spacial score (nSPS) is 29.9. The number of likely N-dealkylation sites (N-methyl/N-ethyl adjacent to an activating group) is 2. The molecule has 0 bridgehead atoms. The fourth-order valence-corrected chi connectivity index (χ4v) is 3.27. The maximum absolute atomic E-state index is 12.3. The van der Waals surface area contributed by atoms with Gasteiger partial charge in [0.2, 0.25) is 0 Å². The highest BCUT2D eigenvalue weighted by Gasteiger charge is 2.50. The number of amides is 3. The van der Waals surface area contributed by atoms with Crippen molar-refractivity contribution in [1.82, 2.24) is 24.9 Å². The van der Waals surface area contributed by atoms with Crippen molar-refractivity contribution in [2.75, 3.05) is 40.3 Å². The maximum atomic E-state index is 12.3. The number of hydrogen-bond donors (Lipinski definition) is 1. The molecule has 3 rings (SSSR count). The third kappa shape index (κ3) is 2.31. The summed E-state index contributed by atoms with van der Waals surface area (Å²) in [7, 11) is 3.79. The highest BCUT2D eigenvalue weighted by atomic mass is 16.2. The van der Waals surface area contributed by atoms with Crippen LogP contribution in [0.3, 0.4) is 0 Å². The smallest absolute Gasteiger partial charge is 0.325 e. The van der Waals surface area contributed by atoms with E-state index in [-0.39, 0.29) is 18.0 Å². The van der Waals surface area contributed by atoms with Gasteiger partial charge in [-0.1, -0.05) is 0 Å². The average molecular weight is 308 g/mol. The minimum atomic E-state index is -0.433. The first kappa shape index (κ1) is 15.1. The van der Waals surface area contributed by atoms with Crippen LogP contribution in [0.5, 0.6) is 0 Å². The molecule has 3 aliphatic heterocycles. The topological polar surface area (TPSA) is 71.5 Å². The number of fused-ring (bicyclic) bond motifs is 1. The summed E-state index contributed by atoms with van der Waals surface area (Å²) < 4.78 is 0. The highest BCUT2D eigenvalue weighted by molar-refractivity contribution is 6.03. The van der Waals surface area contributed by atoms with E-state index in [2.05, 4.69) is 36.0 Å². The second-order valence-electron chi connectivity index (χ2n) is 6.48. The Morgan fingerprint density at radius 3 is 2.36 bits per heavy atom. The molecule has 2 fully saturated rings. The summed E-state index contributed by atoms with van der Waals surface area (Å²) in [6.45, 7) is 7.83. The van der Waals surface area contributed by atoms with Crippen molar-refractivity contribution >= 4 is 17.9 Å². The predicted octanol–water partition coefficient (Wildman–Crippen LogP) is -0.810. The Hall–Kier alpha value is -1.83. The number of carbonyl (C=O) groups excluding carboxylic acids is 2. The average Bonchev–Trinajstić information content (AvgIpc) is 2.87. The fraction of sp³-hybridized carbons (Fsp3) is 0.786. The van der Waals surface area contributed by atoms with Crippen LogP contribution in [0.4, 0.5) is 4.79 Å². The van der Waals surface area contributed by atoms with Crippen molar-refractivity contribution in [3.8, 4) is 0 Å². The van der Waals surface area contributed by atoms with Crippen LogP contribution in [-0.2, 0) is 4.79 Å². The Bertz CT molecular complexity index is 511. The molecular weight excluding hydrogens is 284 g/mol. The Labute approximate surface area is 130 Å². The Kier molecular flexibility index (Phi) is 3.72. The van der Waals surface area contributed by atoms with Crippen LogP contribution < -0.4 is 5.32 Å². The summed E-state index contributed by atoms with van der Waals surface area (Å²) >= 11 is 0. The van der Waals surface area contributed by atoms with E-state index in [0.717, 1.165) is 32.1 Å². The first-order valence-electron chi connectivity index (χ1n) is 7.77. The third-order valence-electron chi connectivity index (χ3n) is 4.62. The minimum Gasteiger partial charge on any atom is -0.340 e. The van der Waals surface area contributed by atoms with E-state index >= 15 is 0 Å². The van der Waals surface area contributed by atoms with Crippen LogP contribution in [-0.4, -0.2) is 96.0 Å². The first-order chi connectivity index (χ1) is 10.4. The van der Waals surface area contributed by atoms with Gasteiger partial charge >= 0.3 is 6.03 Å². The molecule has 1 N–H and O–H groups in total. The monoisotopic (exact) mass is 308 g/mol. The van der Waals surface area contributed by atoms with Gasteiger partial charge in [0, 0.05) is 39.3 Å². The van der Waals surface area contributed by atoms with E-state index in [1.54, 1.807) is 7.05 Å². The summed E-state index contributed by atoms with van der Waals surface area (Å²) in [6, 6.07) is -0.670. The first-order valence-corrected chi connectivity index (χ1v) is 7.77. The number of imide groups is 1. The number of urea groups is 1. The van der Waals surface area contributed by atoms with E-state index in [1.165, 1.54) is 4.90 Å². The van der Waals surface area contributed by atoms with E-state index in [0.29, 0.717) is 0 Å². The van der Waals surface area contributed by atoms with Gasteiger partial charge < -0.3 is 19.6 Å². The van der Waals surface area contributed by atoms with Gasteiger partial charge in [-0.05, 0) is 20.9 Å². The van der Waals surface area contributed by atoms with Gasteiger partial charge in [0.05, 0.1) is 0 Å². The Morgan fingerprint density at radius 1 is 1.14 bits per heavy atom. The Morgan fingerprint density at radius 2 is 1.77 bits per heavy atom. The van der Waals surface area contributed by atoms with Crippen LogP contribution >= 0.6 is 0 Å². The zero-order chi connectivity index (χ0) is 16.0. The van der Waals surface area contributed by atoms with E-state index in [1.807, 2.05) is 4.90 Å². The Balaban J connectivity index is 1.90. The molecule has 0 aromatic heterocycles. The van der Waals surface area contributed by atoms with Crippen LogP contribution in [0.1, 0.15) is 13.8 Å². The van der Waals surface area contributed by atoms with Crippen molar-refractivity contribution in [3.63, 3.8) is 0 Å². The molecule has 0 radical (unpaired) electrons. The molecule has 122 valence electrons. The summed E-state index contributed by atoms with van der Waals surface area (Å²) in [6.07, 6.45) is -0.432. The van der Waals surface area contributed by atoms with Gasteiger partial charge in [-0.25, -0.2) is 9.79 Å². The number of nitrogens with one attached hydrogen (secondary N) is 1. The molecule has 0 aliphatic carbocycles. The van der Waals surface area contributed by atoms with E-state index < -0.39 is 12.2 Å². The van der Waals surface area contributed by atoms with E-state index in [4.69, 9.17) is 4.99 Å². The third-order valence-corrected chi connectivity index (χ3v) is 4.62. The summed E-state index contributed by atoms with van der Waals surface area (Å²) in [4.78, 5) is 37.0. The molecule has 22 heavy (non-hydrogen) atoms. The molecule has 0 aromatic rings. The molecule has 3 heterocycles. The van der Waals surface area contributed by atoms with Crippen molar-refractivity contribution in [3.05, 3.63) is 0 Å². The largest absolute Gasteiger partial charge is 0.340 e. The van der Waals surface area contributed by atoms with Gasteiger partial charge in [0.15, 0.2) is 18.2 Å². The molecule has 0 spiro atoms. The van der Waals surface area contributed by atoms with Crippen molar-refractivity contribution in [2.45, 2.75) is 32.1 Å². The molecule has 8 heteroatoms. The van der Waals surface area contributed by atoms with Gasteiger partial charge in [0.1, 0.15) is 0 Å². The van der Waals surface area contributed by atoms with Crippen LogP contribution in [0, 0.1) is 0 Å². The van der Waals surface area contributed by atoms with Gasteiger partial charge in [0.25, 0.3) is 5.91 Å². The molecule has 3 amide bonds. The van der Waals surface area contributed by atoms with Crippen LogP contribution in [0.2, 0.25) is 0 Å². The number of carbonyl (C=O) groups is 2. The fourth-order valence-electron chi connectivity index (χ4n) is 3.27. The number of nitrogens with zero attached hydrogens (tertiary/aromatic N) is 5. The number of piperazine rings is 1. The zero-order valence-electron chi connectivity index (χ0n) is 13.6. The molecule has 2 saturated heterocycles. The van der Waals surface area contributed by atoms with Gasteiger partial charge in [-0.3, -0.25) is 10.1 Å². The lowest BCUT2D eigenvalue weighted by Crippen LogP contribution is -2.65. The van der Waals surface area contributed by atoms with Crippen molar-refractivity contribution in [2.24, 2.45) is 4.99 Å². The van der Waals surface area contributed by atoms with Gasteiger partial charge in [-0.2, -0.15) is 0 Å². The number of guanidine groups is 1. The number of hydrogen-bond acceptors (Lipinski definition) is 6. The lowest BCUT2D eigenvalue weighted by molar-refractivity contribution is -0.127. The lowest BCUT2D eigenvalue weighted by atomic mass is 10.1. The second-order valence-corrected chi connectivity index (χ2v) is 6.48. The maximum Gasteiger partial charge on any atom is 0.325 e. The van der Waals surface area contributed by atoms with Gasteiger partial charge in [-0.15, -0.1) is 0 Å². The molecule has 2 atom stereocenters. The van der Waals surface area contributed by atoms with E-state index in [9.17, 15) is 9.59 Å². The lowest BCUT2D eigenvalue weighted by Gasteiger charge is -2.41. The zero-order valence-corrected chi connectivity index (χ0v) is 13.6. The summed E-state index contributed by atoms with van der Waals surface area (Å²) in [5.74, 6) is 0.587. The molecule has 2 unspecified atom stereocenters. The molecule has 3 aliphatic rings. The van der Waals surface area contributed by atoms with Crippen molar-refractivity contribution in [1.29, 1.82) is 0 Å². The molecule has 8 nitrogen and oxygen atoms in total. The number of aliphatic imine (C=N–C) groups is 1. The molecule has 0 aromatic carbocycles. The summed E-state index contributed by atoms with van der Waals surface area (Å²) in [5, 5.41) is 2.42. The van der Waals surface area contributed by atoms with Crippen molar-refractivity contribution < 1.29 is 9.59 Å². The SMILES string of the molecule is CC(C)N1C(N2CCN(C)CC2)=NC2C1C(=O)NC(=O)N2C. The number of rotatable bonds is 1.